The molecular weight excluding hydrogens is 412 g/mol. The van der Waals surface area contributed by atoms with Gasteiger partial charge in [0, 0.05) is 37.2 Å². The Hall–Kier alpha value is 0.192. The Morgan fingerprint density at radius 1 is 1.27 bits per heavy atom. The molecule has 2 rings (SSSR count). The molecule has 0 amide bonds. The molecule has 15 heavy (non-hydrogen) atoms. The molecule has 1 fully saturated rings. The van der Waals surface area contributed by atoms with Crippen LogP contribution >= 0.6 is 0 Å². The van der Waals surface area contributed by atoms with Gasteiger partial charge in [0.1, 0.15) is 0 Å². The second kappa shape index (κ2) is 6.71. The van der Waals surface area contributed by atoms with Gasteiger partial charge in [0.2, 0.25) is 0 Å². The first-order valence-corrected chi connectivity index (χ1v) is 5.24. The predicted molar refractivity (Wildman–Crippen MR) is 57.4 cm³/mol. The van der Waals surface area contributed by atoms with Gasteiger partial charge in [-0.05, 0) is 12.0 Å². The summed E-state index contributed by atoms with van der Waals surface area (Å²) in [6.45, 7) is 3.81. The summed E-state index contributed by atoms with van der Waals surface area (Å²) >= 11 is 0. The van der Waals surface area contributed by atoms with Gasteiger partial charge in [0.05, 0.1) is 6.10 Å². The Morgan fingerprint density at radius 3 is 2.67 bits per heavy atom. The standard InChI is InChI=1S/C12H16NO.U/c1-2-11-8-13-9-12(14-11)10-6-4-3-5-7-10;/h3-7,11-12H,2,8-9H2,1H3;/q-1;. The summed E-state index contributed by atoms with van der Waals surface area (Å²) in [5.74, 6) is 0. The Balaban J connectivity index is 0.00000112. The minimum Gasteiger partial charge on any atom is -0.658 e. The van der Waals surface area contributed by atoms with Crippen molar-refractivity contribution in [3.8, 4) is 0 Å². The zero-order valence-electron chi connectivity index (χ0n) is 9.02. The molecule has 0 saturated carbocycles. The number of nitrogens with zero attached hydrogens (tertiary/aromatic N) is 1. The van der Waals surface area contributed by atoms with Gasteiger partial charge in [0.25, 0.3) is 0 Å². The van der Waals surface area contributed by atoms with E-state index in [2.05, 4.69) is 24.4 Å². The zero-order chi connectivity index (χ0) is 9.80. The second-order valence-corrected chi connectivity index (χ2v) is 3.65. The van der Waals surface area contributed by atoms with Crippen molar-refractivity contribution in [1.82, 2.24) is 0 Å². The molecule has 80 valence electrons. The van der Waals surface area contributed by atoms with Crippen LogP contribution in [0.15, 0.2) is 30.3 Å². The number of hydrogen-bond donors (Lipinski definition) is 0. The van der Waals surface area contributed by atoms with Crippen molar-refractivity contribution in [3.05, 3.63) is 41.2 Å². The van der Waals surface area contributed by atoms with Crippen LogP contribution in [0.2, 0.25) is 0 Å². The number of rotatable bonds is 2. The minimum absolute atomic E-state index is 0. The summed E-state index contributed by atoms with van der Waals surface area (Å²) in [5, 5.41) is 4.46. The van der Waals surface area contributed by atoms with Crippen molar-refractivity contribution in [2.75, 3.05) is 13.1 Å². The molecule has 0 N–H and O–H groups in total. The van der Waals surface area contributed by atoms with E-state index in [-0.39, 0.29) is 37.2 Å². The molecule has 0 aromatic heterocycles. The Kier molecular flexibility index (Phi) is 5.93. The van der Waals surface area contributed by atoms with E-state index in [4.69, 9.17) is 4.74 Å². The molecule has 0 aliphatic carbocycles. The van der Waals surface area contributed by atoms with Gasteiger partial charge < -0.3 is 10.1 Å². The number of hydrogen-bond acceptors (Lipinski definition) is 1. The van der Waals surface area contributed by atoms with E-state index in [9.17, 15) is 0 Å². The molecule has 0 radical (unpaired) electrons. The predicted octanol–water partition coefficient (Wildman–Crippen LogP) is 2.91. The first-order valence-electron chi connectivity index (χ1n) is 5.24. The van der Waals surface area contributed by atoms with E-state index < -0.39 is 0 Å². The van der Waals surface area contributed by atoms with Crippen LogP contribution in [0.5, 0.6) is 0 Å². The largest absolute Gasteiger partial charge is 0.658 e. The van der Waals surface area contributed by atoms with Crippen molar-refractivity contribution in [2.45, 2.75) is 25.6 Å². The van der Waals surface area contributed by atoms with Crippen LogP contribution in [-0.4, -0.2) is 19.2 Å². The molecule has 3 heteroatoms. The maximum absolute atomic E-state index is 5.93. The summed E-state index contributed by atoms with van der Waals surface area (Å²) < 4.78 is 5.93. The van der Waals surface area contributed by atoms with Gasteiger partial charge in [0.15, 0.2) is 0 Å². The maximum atomic E-state index is 5.93. The van der Waals surface area contributed by atoms with Crippen molar-refractivity contribution in [1.29, 1.82) is 0 Å². The molecule has 1 saturated heterocycles. The van der Waals surface area contributed by atoms with E-state index in [1.807, 2.05) is 18.2 Å². The fourth-order valence-electron chi connectivity index (χ4n) is 1.73. The average Bonchev–Trinajstić information content (AvgIpc) is 2.30. The number of ether oxygens (including phenoxy) is 1. The van der Waals surface area contributed by atoms with Gasteiger partial charge >= 0.3 is 0 Å². The van der Waals surface area contributed by atoms with Gasteiger partial charge in [-0.15, -0.1) is 13.1 Å². The summed E-state index contributed by atoms with van der Waals surface area (Å²) in [6.07, 6.45) is 1.54. The Labute approximate surface area is 115 Å². The second-order valence-electron chi connectivity index (χ2n) is 3.65. The maximum Gasteiger partial charge on any atom is 0.0640 e. The van der Waals surface area contributed by atoms with Crippen molar-refractivity contribution in [2.24, 2.45) is 0 Å². The molecule has 2 unspecified atom stereocenters. The SMILES string of the molecule is CCC1C[N-]CC(c2ccccc2)O1.[U]. The fourth-order valence-corrected chi connectivity index (χ4v) is 1.73. The van der Waals surface area contributed by atoms with Crippen LogP contribution in [0, 0.1) is 31.1 Å². The molecule has 0 spiro atoms. The molecule has 2 nitrogen and oxygen atoms in total. The molecule has 1 heterocycles. The molecule has 1 aromatic rings. The topological polar surface area (TPSA) is 23.3 Å². The summed E-state index contributed by atoms with van der Waals surface area (Å²) in [6, 6.07) is 10.3. The molecule has 2 atom stereocenters. The van der Waals surface area contributed by atoms with Crippen LogP contribution in [0.3, 0.4) is 0 Å². The van der Waals surface area contributed by atoms with Crippen LogP contribution in [-0.2, 0) is 4.74 Å². The third-order valence-corrected chi connectivity index (χ3v) is 2.61. The summed E-state index contributed by atoms with van der Waals surface area (Å²) in [7, 11) is 0. The number of morpholine rings is 1. The first-order chi connectivity index (χ1) is 6.90. The van der Waals surface area contributed by atoms with Gasteiger partial charge in [-0.25, -0.2) is 0 Å². The molecule has 0 bridgehead atoms. The summed E-state index contributed by atoms with van der Waals surface area (Å²) in [5.41, 5.74) is 1.24. The Morgan fingerprint density at radius 2 is 2.00 bits per heavy atom. The van der Waals surface area contributed by atoms with Crippen LogP contribution in [0.25, 0.3) is 5.32 Å². The third kappa shape index (κ3) is 3.60. The van der Waals surface area contributed by atoms with Crippen molar-refractivity contribution in [3.63, 3.8) is 0 Å². The van der Waals surface area contributed by atoms with Crippen molar-refractivity contribution >= 4 is 0 Å². The smallest absolute Gasteiger partial charge is 0.0640 e. The van der Waals surface area contributed by atoms with E-state index in [1.165, 1.54) is 5.56 Å². The van der Waals surface area contributed by atoms with Crippen LogP contribution < -0.4 is 0 Å². The van der Waals surface area contributed by atoms with E-state index in [0.29, 0.717) is 6.10 Å². The first kappa shape index (κ1) is 13.3. The molecule has 1 aliphatic heterocycles. The molecular formula is C12H16NOU-. The van der Waals surface area contributed by atoms with Crippen LogP contribution in [0.1, 0.15) is 25.0 Å². The quantitative estimate of drug-likeness (QED) is 0.711. The van der Waals surface area contributed by atoms with E-state index in [1.54, 1.807) is 0 Å². The molecule has 1 aromatic carbocycles. The normalized spacial score (nSPS) is 25.7. The molecule has 1 aliphatic rings. The van der Waals surface area contributed by atoms with Crippen molar-refractivity contribution < 1.29 is 35.9 Å². The van der Waals surface area contributed by atoms with Gasteiger partial charge in [-0.2, -0.15) is 0 Å². The van der Waals surface area contributed by atoms with Gasteiger partial charge in [-0.3, -0.25) is 0 Å². The van der Waals surface area contributed by atoms with Crippen LogP contribution in [0.4, 0.5) is 0 Å². The monoisotopic (exact) mass is 428 g/mol. The zero-order valence-corrected chi connectivity index (χ0v) is 13.2. The van der Waals surface area contributed by atoms with E-state index in [0.717, 1.165) is 19.5 Å². The number of benzene rings is 1. The van der Waals surface area contributed by atoms with E-state index >= 15 is 0 Å². The Bertz CT molecular complexity index is 278. The third-order valence-electron chi connectivity index (χ3n) is 2.61. The fraction of sp³-hybridized carbons (Fsp3) is 0.500. The summed E-state index contributed by atoms with van der Waals surface area (Å²) in [4.78, 5) is 0. The minimum atomic E-state index is 0. The average molecular weight is 428 g/mol. The van der Waals surface area contributed by atoms with Gasteiger partial charge in [-0.1, -0.05) is 37.3 Å².